The average Bonchev–Trinajstić information content (AvgIpc) is 3.00. The summed E-state index contributed by atoms with van der Waals surface area (Å²) in [5, 5.41) is 6.42. The van der Waals surface area contributed by atoms with E-state index in [4.69, 9.17) is 0 Å². The minimum atomic E-state index is -0.501. The Kier molecular flexibility index (Phi) is 9.50. The molecule has 4 nitrogen and oxygen atoms in total. The summed E-state index contributed by atoms with van der Waals surface area (Å²) >= 11 is 0. The van der Waals surface area contributed by atoms with Gasteiger partial charge >= 0.3 is 0 Å². The quantitative estimate of drug-likeness (QED) is 0.396. The molecule has 0 radical (unpaired) electrons. The number of nitrogens with one attached hydrogen (secondary N) is 2. The zero-order chi connectivity index (χ0) is 16.7. The second kappa shape index (κ2) is 10.8. The van der Waals surface area contributed by atoms with Crippen molar-refractivity contribution in [2.75, 3.05) is 33.2 Å². The molecular weight excluding hydrogens is 425 g/mol. The maximum absolute atomic E-state index is 13.6. The molecule has 0 aromatic heterocycles. The number of nitrogens with zero attached hydrogens (tertiary/aromatic N) is 2. The molecule has 0 aliphatic carbocycles. The molecule has 1 aliphatic rings. The van der Waals surface area contributed by atoms with Gasteiger partial charge in [0, 0.05) is 31.7 Å². The molecule has 1 unspecified atom stereocenters. The van der Waals surface area contributed by atoms with Crippen molar-refractivity contribution in [2.24, 2.45) is 4.99 Å². The molecule has 2 rings (SSSR count). The molecule has 0 saturated carbocycles. The summed E-state index contributed by atoms with van der Waals surface area (Å²) in [6, 6.07) is 4.47. The minimum Gasteiger partial charge on any atom is -0.356 e. The van der Waals surface area contributed by atoms with Gasteiger partial charge in [0.1, 0.15) is 11.6 Å². The number of benzene rings is 1. The van der Waals surface area contributed by atoms with Crippen LogP contribution in [0.25, 0.3) is 0 Å². The number of halogens is 3. The van der Waals surface area contributed by atoms with Gasteiger partial charge in [-0.1, -0.05) is 13.0 Å². The zero-order valence-electron chi connectivity index (χ0n) is 14.3. The zero-order valence-corrected chi connectivity index (χ0v) is 16.6. The highest BCUT2D eigenvalue weighted by atomic mass is 127. The molecule has 0 spiro atoms. The first-order chi connectivity index (χ1) is 11.2. The minimum absolute atomic E-state index is 0. The average molecular weight is 452 g/mol. The molecule has 24 heavy (non-hydrogen) atoms. The molecule has 1 atom stereocenters. The predicted octanol–water partition coefficient (Wildman–Crippen LogP) is 2.77. The Morgan fingerprint density at radius 2 is 2.00 bits per heavy atom. The van der Waals surface area contributed by atoms with E-state index in [9.17, 15) is 8.78 Å². The lowest BCUT2D eigenvalue weighted by Crippen LogP contribution is -2.45. The van der Waals surface area contributed by atoms with Crippen molar-refractivity contribution >= 4 is 29.9 Å². The van der Waals surface area contributed by atoms with Crippen LogP contribution in [0.1, 0.15) is 25.3 Å². The summed E-state index contributed by atoms with van der Waals surface area (Å²) in [7, 11) is 1.70. The van der Waals surface area contributed by atoms with Crippen molar-refractivity contribution in [2.45, 2.75) is 32.2 Å². The monoisotopic (exact) mass is 452 g/mol. The Hall–Kier alpha value is -0.960. The third kappa shape index (κ3) is 5.84. The van der Waals surface area contributed by atoms with Crippen molar-refractivity contribution in [1.82, 2.24) is 15.5 Å². The second-order valence-corrected chi connectivity index (χ2v) is 5.75. The van der Waals surface area contributed by atoms with Crippen LogP contribution in [0.4, 0.5) is 8.78 Å². The summed E-state index contributed by atoms with van der Waals surface area (Å²) in [5.74, 6) is -0.330. The van der Waals surface area contributed by atoms with E-state index in [2.05, 4.69) is 27.4 Å². The summed E-state index contributed by atoms with van der Waals surface area (Å²) in [6.45, 7) is 5.65. The number of likely N-dealkylation sites (N-methyl/N-ethyl adjacent to an activating group) is 1. The molecule has 1 fully saturated rings. The van der Waals surface area contributed by atoms with Gasteiger partial charge in [-0.25, -0.2) is 8.78 Å². The topological polar surface area (TPSA) is 39.7 Å². The highest BCUT2D eigenvalue weighted by Crippen LogP contribution is 2.15. The molecule has 1 aromatic carbocycles. The molecule has 1 saturated heterocycles. The Morgan fingerprint density at radius 1 is 1.29 bits per heavy atom. The van der Waals surface area contributed by atoms with Gasteiger partial charge < -0.3 is 10.6 Å². The smallest absolute Gasteiger partial charge is 0.191 e. The number of hydrogen-bond donors (Lipinski definition) is 2. The van der Waals surface area contributed by atoms with Crippen LogP contribution in [0, 0.1) is 11.6 Å². The number of rotatable bonds is 6. The Bertz CT molecular complexity index is 519. The summed E-state index contributed by atoms with van der Waals surface area (Å²) in [4.78, 5) is 6.62. The van der Waals surface area contributed by atoms with Crippen LogP contribution >= 0.6 is 24.0 Å². The van der Waals surface area contributed by atoms with Crippen molar-refractivity contribution in [3.05, 3.63) is 35.4 Å². The number of guanidine groups is 1. The van der Waals surface area contributed by atoms with Crippen LogP contribution < -0.4 is 10.6 Å². The van der Waals surface area contributed by atoms with E-state index in [0.717, 1.165) is 19.6 Å². The first-order valence-corrected chi connectivity index (χ1v) is 8.27. The van der Waals surface area contributed by atoms with Crippen molar-refractivity contribution in [3.8, 4) is 0 Å². The number of hydrogen-bond acceptors (Lipinski definition) is 2. The molecule has 2 N–H and O–H groups in total. The molecule has 0 bridgehead atoms. The molecule has 0 amide bonds. The van der Waals surface area contributed by atoms with Crippen LogP contribution in [-0.4, -0.2) is 50.1 Å². The Labute approximate surface area is 160 Å². The third-order valence-electron chi connectivity index (χ3n) is 4.36. The number of likely N-dealkylation sites (tertiary alicyclic amines) is 1. The molecular formula is C17H27F2IN4. The van der Waals surface area contributed by atoms with Gasteiger partial charge in [0.05, 0.1) is 0 Å². The largest absolute Gasteiger partial charge is 0.356 e. The van der Waals surface area contributed by atoms with Crippen molar-refractivity contribution in [1.29, 1.82) is 0 Å². The van der Waals surface area contributed by atoms with Gasteiger partial charge in [0.2, 0.25) is 0 Å². The highest BCUT2D eigenvalue weighted by molar-refractivity contribution is 14.0. The van der Waals surface area contributed by atoms with Gasteiger partial charge in [0.15, 0.2) is 5.96 Å². The maximum atomic E-state index is 13.6. The van der Waals surface area contributed by atoms with E-state index in [-0.39, 0.29) is 36.0 Å². The van der Waals surface area contributed by atoms with E-state index in [0.29, 0.717) is 18.5 Å². The summed E-state index contributed by atoms with van der Waals surface area (Å²) in [6.07, 6.45) is 2.71. The summed E-state index contributed by atoms with van der Waals surface area (Å²) < 4.78 is 27.1. The van der Waals surface area contributed by atoms with E-state index >= 15 is 0 Å². The maximum Gasteiger partial charge on any atom is 0.191 e. The van der Waals surface area contributed by atoms with Crippen LogP contribution in [0.15, 0.2) is 23.2 Å². The lowest BCUT2D eigenvalue weighted by atomic mass is 10.1. The molecule has 136 valence electrons. The van der Waals surface area contributed by atoms with Crippen molar-refractivity contribution in [3.63, 3.8) is 0 Å². The molecule has 7 heteroatoms. The Morgan fingerprint density at radius 3 is 2.62 bits per heavy atom. The van der Waals surface area contributed by atoms with E-state index in [1.54, 1.807) is 7.05 Å². The van der Waals surface area contributed by atoms with Crippen molar-refractivity contribution < 1.29 is 8.78 Å². The fourth-order valence-corrected chi connectivity index (χ4v) is 3.05. The first-order valence-electron chi connectivity index (χ1n) is 8.27. The first kappa shape index (κ1) is 21.1. The standard InChI is InChI=1S/C17H26F2N4.HI/c1-3-23-11-5-6-13(23)12-22-17(20-2)21-10-9-14-15(18)7-4-8-16(14)19;/h4,7-8,13H,3,5-6,9-12H2,1-2H3,(H2,20,21,22);1H. The number of aliphatic imine (C=N–C) groups is 1. The highest BCUT2D eigenvalue weighted by Gasteiger charge is 2.22. The van der Waals surface area contributed by atoms with Crippen LogP contribution in [-0.2, 0) is 6.42 Å². The van der Waals surface area contributed by atoms with Gasteiger partial charge in [-0.15, -0.1) is 24.0 Å². The summed E-state index contributed by atoms with van der Waals surface area (Å²) in [5.41, 5.74) is 0.114. The second-order valence-electron chi connectivity index (χ2n) is 5.75. The normalized spacial score (nSPS) is 18.3. The lowest BCUT2D eigenvalue weighted by Gasteiger charge is -2.24. The predicted molar refractivity (Wildman–Crippen MR) is 105 cm³/mol. The fourth-order valence-electron chi connectivity index (χ4n) is 3.05. The van der Waals surface area contributed by atoms with Crippen LogP contribution in [0.3, 0.4) is 0 Å². The van der Waals surface area contributed by atoms with E-state index in [1.807, 2.05) is 0 Å². The fraction of sp³-hybridized carbons (Fsp3) is 0.588. The molecule has 1 heterocycles. The van der Waals surface area contributed by atoms with E-state index in [1.165, 1.54) is 31.0 Å². The Balaban J connectivity index is 0.00000288. The van der Waals surface area contributed by atoms with Crippen LogP contribution in [0.2, 0.25) is 0 Å². The van der Waals surface area contributed by atoms with Gasteiger partial charge in [-0.05, 0) is 44.5 Å². The SMILES string of the molecule is CCN1CCCC1CNC(=NC)NCCc1c(F)cccc1F.I. The molecule has 1 aromatic rings. The third-order valence-corrected chi connectivity index (χ3v) is 4.36. The van der Waals surface area contributed by atoms with Gasteiger partial charge in [0.25, 0.3) is 0 Å². The lowest BCUT2D eigenvalue weighted by molar-refractivity contribution is 0.267. The van der Waals surface area contributed by atoms with Gasteiger partial charge in [-0.2, -0.15) is 0 Å². The van der Waals surface area contributed by atoms with Crippen LogP contribution in [0.5, 0.6) is 0 Å². The van der Waals surface area contributed by atoms with Gasteiger partial charge in [-0.3, -0.25) is 9.89 Å². The van der Waals surface area contributed by atoms with E-state index < -0.39 is 11.6 Å². The molecule has 1 aliphatic heterocycles.